The van der Waals surface area contributed by atoms with Crippen molar-refractivity contribution in [2.24, 2.45) is 0 Å². The monoisotopic (exact) mass is 262 g/mol. The van der Waals surface area contributed by atoms with E-state index in [9.17, 15) is 4.79 Å². The molecule has 1 unspecified atom stereocenters. The average molecular weight is 262 g/mol. The predicted molar refractivity (Wildman–Crippen MR) is 75.4 cm³/mol. The van der Waals surface area contributed by atoms with Gasteiger partial charge in [-0.05, 0) is 56.5 Å². The van der Waals surface area contributed by atoms with Crippen LogP contribution in [0, 0.1) is 13.8 Å². The molecule has 1 atom stereocenters. The van der Waals surface area contributed by atoms with Gasteiger partial charge in [0.25, 0.3) is 5.91 Å². The van der Waals surface area contributed by atoms with Crippen molar-refractivity contribution >= 4 is 5.91 Å². The summed E-state index contributed by atoms with van der Waals surface area (Å²) in [5.41, 5.74) is 2.40. The number of carbonyl (C=O) groups excluding carboxylic acids is 1. The van der Waals surface area contributed by atoms with Crippen LogP contribution in [-0.4, -0.2) is 31.6 Å². The van der Waals surface area contributed by atoms with E-state index in [1.165, 1.54) is 11.1 Å². The summed E-state index contributed by atoms with van der Waals surface area (Å²) in [5.74, 6) is 0.701. The van der Waals surface area contributed by atoms with Crippen LogP contribution in [0.3, 0.4) is 0 Å². The van der Waals surface area contributed by atoms with Crippen LogP contribution < -0.4 is 15.4 Å². The van der Waals surface area contributed by atoms with Gasteiger partial charge in [-0.1, -0.05) is 6.07 Å². The first-order chi connectivity index (χ1) is 9.15. The van der Waals surface area contributed by atoms with Crippen molar-refractivity contribution < 1.29 is 9.53 Å². The summed E-state index contributed by atoms with van der Waals surface area (Å²) < 4.78 is 5.51. The fraction of sp³-hybridized carbons (Fsp3) is 0.533. The van der Waals surface area contributed by atoms with E-state index in [1.54, 1.807) is 0 Å². The summed E-state index contributed by atoms with van der Waals surface area (Å²) in [4.78, 5) is 11.8. The van der Waals surface area contributed by atoms with E-state index in [2.05, 4.69) is 17.6 Å². The van der Waals surface area contributed by atoms with E-state index in [-0.39, 0.29) is 18.6 Å². The van der Waals surface area contributed by atoms with Gasteiger partial charge in [-0.15, -0.1) is 0 Å². The summed E-state index contributed by atoms with van der Waals surface area (Å²) in [6.07, 6.45) is 2.16. The van der Waals surface area contributed by atoms with Crippen molar-refractivity contribution in [2.75, 3.05) is 19.7 Å². The topological polar surface area (TPSA) is 50.4 Å². The highest BCUT2D eigenvalue weighted by atomic mass is 16.5. The third kappa shape index (κ3) is 4.24. The molecule has 2 rings (SSSR count). The number of rotatable bonds is 4. The lowest BCUT2D eigenvalue weighted by Crippen LogP contribution is -2.46. The Morgan fingerprint density at radius 3 is 2.95 bits per heavy atom. The molecule has 1 heterocycles. The third-order valence-corrected chi connectivity index (χ3v) is 3.51. The second kappa shape index (κ2) is 6.57. The van der Waals surface area contributed by atoms with Gasteiger partial charge in [-0.25, -0.2) is 0 Å². The van der Waals surface area contributed by atoms with Gasteiger partial charge in [0.15, 0.2) is 6.61 Å². The van der Waals surface area contributed by atoms with E-state index in [0.29, 0.717) is 0 Å². The lowest BCUT2D eigenvalue weighted by molar-refractivity contribution is -0.123. The minimum atomic E-state index is -0.0491. The first-order valence-corrected chi connectivity index (χ1v) is 6.85. The normalized spacial score (nSPS) is 18.9. The van der Waals surface area contributed by atoms with Crippen LogP contribution in [0.5, 0.6) is 5.75 Å². The Kier molecular flexibility index (Phi) is 4.80. The van der Waals surface area contributed by atoms with E-state index in [4.69, 9.17) is 4.74 Å². The Bertz CT molecular complexity index is 440. The van der Waals surface area contributed by atoms with Gasteiger partial charge < -0.3 is 15.4 Å². The number of benzene rings is 1. The number of aryl methyl sites for hydroxylation is 2. The minimum absolute atomic E-state index is 0.0491. The molecule has 0 bridgehead atoms. The molecule has 1 aliphatic rings. The van der Waals surface area contributed by atoms with Gasteiger partial charge in [0.2, 0.25) is 0 Å². The molecule has 104 valence electrons. The average Bonchev–Trinajstić information content (AvgIpc) is 2.41. The van der Waals surface area contributed by atoms with Gasteiger partial charge in [-0.3, -0.25) is 4.79 Å². The highest BCUT2D eigenvalue weighted by Gasteiger charge is 2.15. The maximum atomic E-state index is 11.8. The van der Waals surface area contributed by atoms with Crippen molar-refractivity contribution in [3.8, 4) is 5.75 Å². The molecule has 2 N–H and O–H groups in total. The maximum absolute atomic E-state index is 11.8. The van der Waals surface area contributed by atoms with E-state index in [0.717, 1.165) is 31.7 Å². The van der Waals surface area contributed by atoms with Gasteiger partial charge in [0, 0.05) is 12.6 Å². The van der Waals surface area contributed by atoms with E-state index >= 15 is 0 Å². The van der Waals surface area contributed by atoms with Gasteiger partial charge in [0.05, 0.1) is 0 Å². The SMILES string of the molecule is Cc1ccc(OCC(=O)NC2CCCNC2)cc1C. The van der Waals surface area contributed by atoms with Crippen molar-refractivity contribution in [3.63, 3.8) is 0 Å². The van der Waals surface area contributed by atoms with Crippen LogP contribution in [-0.2, 0) is 4.79 Å². The smallest absolute Gasteiger partial charge is 0.258 e. The van der Waals surface area contributed by atoms with Crippen LogP contribution in [0.15, 0.2) is 18.2 Å². The number of hydrogen-bond donors (Lipinski definition) is 2. The number of piperidine rings is 1. The molecule has 1 fully saturated rings. The molecule has 0 saturated carbocycles. The summed E-state index contributed by atoms with van der Waals surface area (Å²) >= 11 is 0. The number of nitrogens with one attached hydrogen (secondary N) is 2. The van der Waals surface area contributed by atoms with Gasteiger partial charge >= 0.3 is 0 Å². The molecule has 0 aliphatic carbocycles. The predicted octanol–water partition coefficient (Wildman–Crippen LogP) is 1.55. The molecule has 0 spiro atoms. The molecule has 1 aromatic rings. The van der Waals surface area contributed by atoms with Crippen LogP contribution in [0.25, 0.3) is 0 Å². The van der Waals surface area contributed by atoms with Crippen LogP contribution in [0.2, 0.25) is 0 Å². The second-order valence-corrected chi connectivity index (χ2v) is 5.15. The zero-order chi connectivity index (χ0) is 13.7. The third-order valence-electron chi connectivity index (χ3n) is 3.51. The number of hydrogen-bond acceptors (Lipinski definition) is 3. The number of amides is 1. The largest absolute Gasteiger partial charge is 0.484 e. The van der Waals surface area contributed by atoms with Crippen LogP contribution in [0.1, 0.15) is 24.0 Å². The molecule has 4 nitrogen and oxygen atoms in total. The standard InChI is InChI=1S/C15H22N2O2/c1-11-5-6-14(8-12(11)2)19-10-15(18)17-13-4-3-7-16-9-13/h5-6,8,13,16H,3-4,7,9-10H2,1-2H3,(H,17,18). The highest BCUT2D eigenvalue weighted by molar-refractivity contribution is 5.77. The molecular formula is C15H22N2O2. The fourth-order valence-electron chi connectivity index (χ4n) is 2.20. The first-order valence-electron chi connectivity index (χ1n) is 6.85. The minimum Gasteiger partial charge on any atom is -0.484 e. The van der Waals surface area contributed by atoms with Crippen LogP contribution >= 0.6 is 0 Å². The highest BCUT2D eigenvalue weighted by Crippen LogP contribution is 2.16. The molecule has 1 amide bonds. The molecule has 1 aromatic carbocycles. The lowest BCUT2D eigenvalue weighted by Gasteiger charge is -2.23. The Balaban J connectivity index is 1.77. The van der Waals surface area contributed by atoms with E-state index < -0.39 is 0 Å². The van der Waals surface area contributed by atoms with Crippen molar-refractivity contribution in [2.45, 2.75) is 32.7 Å². The Morgan fingerprint density at radius 2 is 2.26 bits per heavy atom. The zero-order valence-electron chi connectivity index (χ0n) is 11.7. The fourth-order valence-corrected chi connectivity index (χ4v) is 2.20. The van der Waals surface area contributed by atoms with Gasteiger partial charge in [-0.2, -0.15) is 0 Å². The van der Waals surface area contributed by atoms with Crippen molar-refractivity contribution in [1.29, 1.82) is 0 Å². The Hall–Kier alpha value is -1.55. The zero-order valence-corrected chi connectivity index (χ0v) is 11.7. The number of ether oxygens (including phenoxy) is 1. The first kappa shape index (κ1) is 13.9. The molecule has 1 saturated heterocycles. The summed E-state index contributed by atoms with van der Waals surface area (Å²) in [6.45, 7) is 6.08. The summed E-state index contributed by atoms with van der Waals surface area (Å²) in [5, 5.41) is 6.26. The molecule has 19 heavy (non-hydrogen) atoms. The Morgan fingerprint density at radius 1 is 1.42 bits per heavy atom. The van der Waals surface area contributed by atoms with Crippen molar-refractivity contribution in [1.82, 2.24) is 10.6 Å². The maximum Gasteiger partial charge on any atom is 0.258 e. The molecule has 0 aromatic heterocycles. The molecule has 1 aliphatic heterocycles. The molecule has 0 radical (unpaired) electrons. The molecular weight excluding hydrogens is 240 g/mol. The summed E-state index contributed by atoms with van der Waals surface area (Å²) in [6, 6.07) is 6.11. The van der Waals surface area contributed by atoms with Crippen molar-refractivity contribution in [3.05, 3.63) is 29.3 Å². The quantitative estimate of drug-likeness (QED) is 0.865. The van der Waals surface area contributed by atoms with Crippen LogP contribution in [0.4, 0.5) is 0 Å². The lowest BCUT2D eigenvalue weighted by atomic mass is 10.1. The summed E-state index contributed by atoms with van der Waals surface area (Å²) in [7, 11) is 0. The number of carbonyl (C=O) groups is 1. The Labute approximate surface area is 114 Å². The second-order valence-electron chi connectivity index (χ2n) is 5.15. The van der Waals surface area contributed by atoms with Gasteiger partial charge in [0.1, 0.15) is 5.75 Å². The van der Waals surface area contributed by atoms with E-state index in [1.807, 2.05) is 25.1 Å². The molecule has 4 heteroatoms.